The Kier molecular flexibility index (Phi) is 6.51. The molecule has 0 amide bonds. The molecule has 1 aromatic carbocycles. The molecule has 0 aliphatic heterocycles. The summed E-state index contributed by atoms with van der Waals surface area (Å²) in [6, 6.07) is 8.45. The number of aliphatic hydroxyl groups excluding tert-OH is 1. The number of nitrogens with one attached hydrogen (secondary N) is 1. The standard InChI is InChI=1S/C17H27NO2/c1-2-14-7-3-4-8-15(14)11-18-12-16(19)13-20-17-9-5-6-10-17/h3-4,7-8,16-19H,2,5-6,9-13H2,1H3. The third kappa shape index (κ3) is 4.89. The molecule has 1 aliphatic carbocycles. The number of hydrogen-bond donors (Lipinski definition) is 2. The SMILES string of the molecule is CCc1ccccc1CNCC(O)COC1CCCC1. The number of benzene rings is 1. The van der Waals surface area contributed by atoms with Crippen molar-refractivity contribution in [3.05, 3.63) is 35.4 Å². The third-order valence-electron chi connectivity index (χ3n) is 4.02. The lowest BCUT2D eigenvalue weighted by Gasteiger charge is -2.16. The molecular weight excluding hydrogens is 250 g/mol. The summed E-state index contributed by atoms with van der Waals surface area (Å²) < 4.78 is 5.72. The largest absolute Gasteiger partial charge is 0.389 e. The van der Waals surface area contributed by atoms with Crippen LogP contribution in [0.5, 0.6) is 0 Å². The summed E-state index contributed by atoms with van der Waals surface area (Å²) in [5.41, 5.74) is 2.69. The number of hydrogen-bond acceptors (Lipinski definition) is 3. The molecule has 1 saturated carbocycles. The van der Waals surface area contributed by atoms with Gasteiger partial charge >= 0.3 is 0 Å². The maximum Gasteiger partial charge on any atom is 0.0897 e. The van der Waals surface area contributed by atoms with Crippen LogP contribution in [0.15, 0.2) is 24.3 Å². The zero-order valence-electron chi connectivity index (χ0n) is 12.5. The van der Waals surface area contributed by atoms with Gasteiger partial charge < -0.3 is 15.2 Å². The molecule has 0 bridgehead atoms. The molecule has 1 atom stereocenters. The Morgan fingerprint density at radius 2 is 1.95 bits per heavy atom. The molecule has 0 radical (unpaired) electrons. The molecule has 0 aromatic heterocycles. The lowest BCUT2D eigenvalue weighted by Crippen LogP contribution is -2.31. The molecule has 2 N–H and O–H groups in total. The highest BCUT2D eigenvalue weighted by Gasteiger charge is 2.16. The highest BCUT2D eigenvalue weighted by atomic mass is 16.5. The molecule has 0 spiro atoms. The summed E-state index contributed by atoms with van der Waals surface area (Å²) >= 11 is 0. The fourth-order valence-corrected chi connectivity index (χ4v) is 2.81. The van der Waals surface area contributed by atoms with Gasteiger partial charge in [0.2, 0.25) is 0 Å². The van der Waals surface area contributed by atoms with Crippen molar-refractivity contribution in [3.63, 3.8) is 0 Å². The van der Waals surface area contributed by atoms with E-state index in [0.29, 0.717) is 19.3 Å². The van der Waals surface area contributed by atoms with Crippen LogP contribution >= 0.6 is 0 Å². The fraction of sp³-hybridized carbons (Fsp3) is 0.647. The smallest absolute Gasteiger partial charge is 0.0897 e. The van der Waals surface area contributed by atoms with Crippen LogP contribution in [0.2, 0.25) is 0 Å². The first-order valence-electron chi connectivity index (χ1n) is 7.86. The highest BCUT2D eigenvalue weighted by molar-refractivity contribution is 5.26. The topological polar surface area (TPSA) is 41.5 Å². The molecule has 1 unspecified atom stereocenters. The van der Waals surface area contributed by atoms with Gasteiger partial charge in [-0.05, 0) is 30.4 Å². The van der Waals surface area contributed by atoms with Crippen LogP contribution in [0.25, 0.3) is 0 Å². The number of ether oxygens (including phenoxy) is 1. The molecule has 20 heavy (non-hydrogen) atoms. The Morgan fingerprint density at radius 1 is 1.25 bits per heavy atom. The van der Waals surface area contributed by atoms with Crippen LogP contribution in [0, 0.1) is 0 Å². The van der Waals surface area contributed by atoms with E-state index < -0.39 is 6.10 Å². The molecular formula is C17H27NO2. The van der Waals surface area contributed by atoms with Gasteiger partial charge in [-0.1, -0.05) is 44.0 Å². The van der Waals surface area contributed by atoms with E-state index in [2.05, 4.69) is 36.5 Å². The van der Waals surface area contributed by atoms with Crippen molar-refractivity contribution in [3.8, 4) is 0 Å². The van der Waals surface area contributed by atoms with Crippen molar-refractivity contribution in [2.24, 2.45) is 0 Å². The molecule has 1 aromatic rings. The van der Waals surface area contributed by atoms with Gasteiger partial charge in [-0.15, -0.1) is 0 Å². The summed E-state index contributed by atoms with van der Waals surface area (Å²) in [5.74, 6) is 0. The van der Waals surface area contributed by atoms with Crippen molar-refractivity contribution in [1.82, 2.24) is 5.32 Å². The van der Waals surface area contributed by atoms with Crippen LogP contribution in [-0.2, 0) is 17.7 Å². The Bertz CT molecular complexity index is 388. The minimum atomic E-state index is -0.413. The molecule has 112 valence electrons. The zero-order valence-corrected chi connectivity index (χ0v) is 12.5. The van der Waals surface area contributed by atoms with Gasteiger partial charge in [0.1, 0.15) is 0 Å². The van der Waals surface area contributed by atoms with E-state index >= 15 is 0 Å². The number of aryl methyl sites for hydroxylation is 1. The predicted octanol–water partition coefficient (Wildman–Crippen LogP) is 2.66. The zero-order chi connectivity index (χ0) is 14.2. The summed E-state index contributed by atoms with van der Waals surface area (Å²) in [5, 5.41) is 13.2. The monoisotopic (exact) mass is 277 g/mol. The first-order valence-corrected chi connectivity index (χ1v) is 7.86. The van der Waals surface area contributed by atoms with E-state index in [-0.39, 0.29) is 0 Å². The Hall–Kier alpha value is -0.900. The quantitative estimate of drug-likeness (QED) is 0.767. The lowest BCUT2D eigenvalue weighted by atomic mass is 10.1. The maximum absolute atomic E-state index is 9.93. The normalized spacial score (nSPS) is 17.5. The van der Waals surface area contributed by atoms with Gasteiger partial charge in [-0.25, -0.2) is 0 Å². The van der Waals surface area contributed by atoms with Gasteiger partial charge in [0.25, 0.3) is 0 Å². The minimum absolute atomic E-state index is 0.380. The van der Waals surface area contributed by atoms with Crippen LogP contribution in [-0.4, -0.2) is 30.5 Å². The van der Waals surface area contributed by atoms with E-state index in [4.69, 9.17) is 4.74 Å². The van der Waals surface area contributed by atoms with Crippen molar-refractivity contribution in [1.29, 1.82) is 0 Å². The van der Waals surface area contributed by atoms with Crippen molar-refractivity contribution >= 4 is 0 Å². The number of rotatable bonds is 8. The minimum Gasteiger partial charge on any atom is -0.389 e. The molecule has 1 aliphatic rings. The summed E-state index contributed by atoms with van der Waals surface area (Å²) in [4.78, 5) is 0. The first kappa shape index (κ1) is 15.5. The third-order valence-corrected chi connectivity index (χ3v) is 4.02. The second-order valence-electron chi connectivity index (χ2n) is 5.65. The lowest BCUT2D eigenvalue weighted by molar-refractivity contribution is -0.00550. The van der Waals surface area contributed by atoms with E-state index in [1.165, 1.54) is 24.0 Å². The van der Waals surface area contributed by atoms with Crippen LogP contribution in [0.4, 0.5) is 0 Å². The van der Waals surface area contributed by atoms with Gasteiger partial charge in [0.05, 0.1) is 18.8 Å². The molecule has 0 heterocycles. The molecule has 3 nitrogen and oxygen atoms in total. The van der Waals surface area contributed by atoms with Gasteiger partial charge in [-0.3, -0.25) is 0 Å². The molecule has 3 heteroatoms. The molecule has 0 saturated heterocycles. The maximum atomic E-state index is 9.93. The fourth-order valence-electron chi connectivity index (χ4n) is 2.81. The molecule has 2 rings (SSSR count). The average molecular weight is 277 g/mol. The Balaban J connectivity index is 1.64. The van der Waals surface area contributed by atoms with E-state index in [9.17, 15) is 5.11 Å². The summed E-state index contributed by atoms with van der Waals surface area (Å²) in [7, 11) is 0. The van der Waals surface area contributed by atoms with Crippen LogP contribution in [0.3, 0.4) is 0 Å². The van der Waals surface area contributed by atoms with Crippen molar-refractivity contribution in [2.45, 2.75) is 57.8 Å². The van der Waals surface area contributed by atoms with Gasteiger partial charge in [0, 0.05) is 13.1 Å². The van der Waals surface area contributed by atoms with Gasteiger partial charge in [0.15, 0.2) is 0 Å². The summed E-state index contributed by atoms with van der Waals surface area (Å²) in [6.45, 7) is 4.02. The number of aliphatic hydroxyl groups is 1. The van der Waals surface area contributed by atoms with Crippen molar-refractivity contribution in [2.75, 3.05) is 13.2 Å². The highest BCUT2D eigenvalue weighted by Crippen LogP contribution is 2.20. The van der Waals surface area contributed by atoms with Crippen LogP contribution in [0.1, 0.15) is 43.7 Å². The second-order valence-corrected chi connectivity index (χ2v) is 5.65. The Labute approximate surface area is 122 Å². The van der Waals surface area contributed by atoms with Crippen LogP contribution < -0.4 is 5.32 Å². The average Bonchev–Trinajstić information content (AvgIpc) is 2.99. The molecule has 1 fully saturated rings. The second kappa shape index (κ2) is 8.40. The van der Waals surface area contributed by atoms with E-state index in [1.807, 2.05) is 0 Å². The summed E-state index contributed by atoms with van der Waals surface area (Å²) in [6.07, 6.45) is 5.87. The van der Waals surface area contributed by atoms with Crippen molar-refractivity contribution < 1.29 is 9.84 Å². The predicted molar refractivity (Wildman–Crippen MR) is 81.7 cm³/mol. The Morgan fingerprint density at radius 3 is 2.65 bits per heavy atom. The van der Waals surface area contributed by atoms with E-state index in [0.717, 1.165) is 25.8 Å². The first-order chi connectivity index (χ1) is 9.79. The van der Waals surface area contributed by atoms with Gasteiger partial charge in [-0.2, -0.15) is 0 Å². The van der Waals surface area contributed by atoms with E-state index in [1.54, 1.807) is 0 Å².